The number of benzene rings is 3. The molecule has 4 aromatic rings. The number of aromatic nitrogens is 2. The molecule has 0 unspecified atom stereocenters. The zero-order chi connectivity index (χ0) is 21.8. The van der Waals surface area contributed by atoms with Crippen LogP contribution in [0.15, 0.2) is 81.4 Å². The molecule has 156 valence electrons. The van der Waals surface area contributed by atoms with E-state index in [-0.39, 0.29) is 0 Å². The molecule has 0 saturated carbocycles. The number of hydrogen-bond acceptors (Lipinski definition) is 5. The quantitative estimate of drug-likeness (QED) is 0.306. The fourth-order valence-corrected chi connectivity index (χ4v) is 3.85. The molecular formula is C23H18IN3O4. The van der Waals surface area contributed by atoms with Crippen LogP contribution in [0, 0.1) is 3.57 Å². The standard InChI is InChI=1S/C23H18IN3O4/c1-30-20-12-16(11-18(24)21(20)31-14-15-7-3-2-4-8-15)13-25-27-22(28)17-9-5-6-10-19(17)26-23(27)29/h2-13H,14H2,1H3,(H,26,29). The van der Waals surface area contributed by atoms with E-state index >= 15 is 0 Å². The van der Waals surface area contributed by atoms with Crippen LogP contribution in [-0.4, -0.2) is 23.0 Å². The number of fused-ring (bicyclic) bond motifs is 1. The number of nitrogens with zero attached hydrogens (tertiary/aromatic N) is 2. The van der Waals surface area contributed by atoms with Crippen molar-refractivity contribution in [3.8, 4) is 11.5 Å². The number of H-pyrrole nitrogens is 1. The molecule has 0 spiro atoms. The predicted molar refractivity (Wildman–Crippen MR) is 128 cm³/mol. The molecule has 1 N–H and O–H groups in total. The molecule has 0 bridgehead atoms. The lowest BCUT2D eigenvalue weighted by molar-refractivity contribution is 0.282. The first kappa shape index (κ1) is 20.9. The van der Waals surface area contributed by atoms with E-state index in [9.17, 15) is 9.59 Å². The topological polar surface area (TPSA) is 85.7 Å². The zero-order valence-corrected chi connectivity index (χ0v) is 18.7. The molecule has 3 aromatic carbocycles. The number of hydrogen-bond donors (Lipinski definition) is 1. The Morgan fingerprint density at radius 1 is 1.06 bits per heavy atom. The Morgan fingerprint density at radius 2 is 1.81 bits per heavy atom. The van der Waals surface area contributed by atoms with Crippen molar-refractivity contribution in [2.75, 3.05) is 7.11 Å². The van der Waals surface area contributed by atoms with Crippen molar-refractivity contribution in [2.24, 2.45) is 5.10 Å². The van der Waals surface area contributed by atoms with Gasteiger partial charge < -0.3 is 14.5 Å². The largest absolute Gasteiger partial charge is 0.493 e. The molecule has 0 atom stereocenters. The first-order valence-electron chi connectivity index (χ1n) is 9.39. The smallest absolute Gasteiger partial charge is 0.349 e. The van der Waals surface area contributed by atoms with Crippen LogP contribution in [0.25, 0.3) is 10.9 Å². The molecule has 7 nitrogen and oxygen atoms in total. The van der Waals surface area contributed by atoms with Crippen LogP contribution in [-0.2, 0) is 6.61 Å². The average molecular weight is 527 g/mol. The number of methoxy groups -OCH3 is 1. The van der Waals surface area contributed by atoms with Crippen molar-refractivity contribution < 1.29 is 9.47 Å². The molecule has 31 heavy (non-hydrogen) atoms. The van der Waals surface area contributed by atoms with E-state index in [0.717, 1.165) is 13.8 Å². The molecule has 0 aliphatic heterocycles. The molecule has 0 aliphatic carbocycles. The van der Waals surface area contributed by atoms with Gasteiger partial charge in [-0.2, -0.15) is 5.10 Å². The van der Waals surface area contributed by atoms with Crippen LogP contribution in [0.5, 0.6) is 11.5 Å². The summed E-state index contributed by atoms with van der Waals surface area (Å²) in [6.07, 6.45) is 1.44. The maximum absolute atomic E-state index is 12.6. The van der Waals surface area contributed by atoms with Gasteiger partial charge in [0.05, 0.1) is 27.8 Å². The van der Waals surface area contributed by atoms with Gasteiger partial charge in [-0.3, -0.25) is 4.79 Å². The molecule has 0 fully saturated rings. The highest BCUT2D eigenvalue weighted by atomic mass is 127. The molecule has 0 aliphatic rings. The monoisotopic (exact) mass is 527 g/mol. The summed E-state index contributed by atoms with van der Waals surface area (Å²) in [5, 5.41) is 4.49. The minimum absolute atomic E-state index is 0.385. The van der Waals surface area contributed by atoms with Crippen LogP contribution in [0.2, 0.25) is 0 Å². The summed E-state index contributed by atoms with van der Waals surface area (Å²) in [6.45, 7) is 0.405. The van der Waals surface area contributed by atoms with E-state index in [1.807, 2.05) is 36.4 Å². The molecule has 8 heteroatoms. The summed E-state index contributed by atoms with van der Waals surface area (Å²) in [7, 11) is 1.56. The first-order chi connectivity index (χ1) is 15.1. The van der Waals surface area contributed by atoms with Gasteiger partial charge >= 0.3 is 5.69 Å². The highest BCUT2D eigenvalue weighted by molar-refractivity contribution is 14.1. The van der Waals surface area contributed by atoms with Crippen molar-refractivity contribution in [3.63, 3.8) is 0 Å². The average Bonchev–Trinajstić information content (AvgIpc) is 2.78. The van der Waals surface area contributed by atoms with Crippen LogP contribution < -0.4 is 20.7 Å². The number of nitrogens with one attached hydrogen (secondary N) is 1. The number of aromatic amines is 1. The van der Waals surface area contributed by atoms with Gasteiger partial charge in [0.15, 0.2) is 11.5 Å². The van der Waals surface area contributed by atoms with Gasteiger partial charge in [-0.25, -0.2) is 4.79 Å². The SMILES string of the molecule is COc1cc(C=Nn2c(=O)[nH]c3ccccc3c2=O)cc(I)c1OCc1ccccc1. The number of ether oxygens (including phenoxy) is 2. The number of halogens is 1. The lowest BCUT2D eigenvalue weighted by atomic mass is 10.2. The minimum Gasteiger partial charge on any atom is -0.493 e. The number of rotatable bonds is 6. The molecule has 0 saturated heterocycles. The maximum atomic E-state index is 12.6. The summed E-state index contributed by atoms with van der Waals surface area (Å²) >= 11 is 2.15. The van der Waals surface area contributed by atoms with Gasteiger partial charge in [0.25, 0.3) is 5.56 Å². The van der Waals surface area contributed by atoms with Gasteiger partial charge in [-0.1, -0.05) is 42.5 Å². The van der Waals surface area contributed by atoms with Crippen LogP contribution >= 0.6 is 22.6 Å². The molecule has 1 heterocycles. The van der Waals surface area contributed by atoms with Gasteiger partial charge in [0.2, 0.25) is 0 Å². The van der Waals surface area contributed by atoms with Crippen molar-refractivity contribution in [1.29, 1.82) is 0 Å². The Morgan fingerprint density at radius 3 is 2.58 bits per heavy atom. The lowest BCUT2D eigenvalue weighted by Crippen LogP contribution is -2.32. The Bertz CT molecular complexity index is 1380. The highest BCUT2D eigenvalue weighted by Gasteiger charge is 2.12. The third-order valence-electron chi connectivity index (χ3n) is 4.58. The summed E-state index contributed by atoms with van der Waals surface area (Å²) in [5.41, 5.74) is 1.08. The summed E-state index contributed by atoms with van der Waals surface area (Å²) in [4.78, 5) is 27.6. The van der Waals surface area contributed by atoms with Crippen LogP contribution in [0.4, 0.5) is 0 Å². The fourth-order valence-electron chi connectivity index (χ4n) is 3.07. The van der Waals surface area contributed by atoms with Gasteiger partial charge in [0, 0.05) is 0 Å². The van der Waals surface area contributed by atoms with E-state index in [4.69, 9.17) is 9.47 Å². The van der Waals surface area contributed by atoms with Crippen LogP contribution in [0.1, 0.15) is 11.1 Å². The zero-order valence-electron chi connectivity index (χ0n) is 16.5. The third kappa shape index (κ3) is 4.53. The lowest BCUT2D eigenvalue weighted by Gasteiger charge is -2.13. The van der Waals surface area contributed by atoms with Crippen LogP contribution in [0.3, 0.4) is 0 Å². The fraction of sp³-hybridized carbons (Fsp3) is 0.0870. The first-order valence-corrected chi connectivity index (χ1v) is 10.5. The van der Waals surface area contributed by atoms with Gasteiger partial charge in [-0.15, -0.1) is 4.68 Å². The Labute approximate surface area is 191 Å². The Kier molecular flexibility index (Phi) is 6.17. The predicted octanol–water partition coefficient (Wildman–Crippen LogP) is 3.76. The number of para-hydroxylation sites is 1. The minimum atomic E-state index is -0.607. The molecule has 4 rings (SSSR count). The Hall–Kier alpha value is -3.40. The second-order valence-electron chi connectivity index (χ2n) is 6.65. The summed E-state index contributed by atoms with van der Waals surface area (Å²) in [6, 6.07) is 20.2. The second kappa shape index (κ2) is 9.17. The van der Waals surface area contributed by atoms with Crippen molar-refractivity contribution in [1.82, 2.24) is 9.66 Å². The molecular weight excluding hydrogens is 509 g/mol. The van der Waals surface area contributed by atoms with Gasteiger partial charge in [0.1, 0.15) is 6.61 Å². The van der Waals surface area contributed by atoms with E-state index in [2.05, 4.69) is 32.7 Å². The molecule has 0 amide bonds. The van der Waals surface area contributed by atoms with Crippen molar-refractivity contribution in [3.05, 3.63) is 102 Å². The summed E-state index contributed by atoms with van der Waals surface area (Å²) in [5.74, 6) is 1.15. The Balaban J connectivity index is 1.64. The third-order valence-corrected chi connectivity index (χ3v) is 5.39. The maximum Gasteiger partial charge on any atom is 0.349 e. The van der Waals surface area contributed by atoms with E-state index < -0.39 is 11.2 Å². The summed E-state index contributed by atoms with van der Waals surface area (Å²) < 4.78 is 13.1. The normalized spacial score (nSPS) is 11.2. The van der Waals surface area contributed by atoms with E-state index in [1.54, 1.807) is 37.4 Å². The van der Waals surface area contributed by atoms with E-state index in [0.29, 0.717) is 34.6 Å². The molecule has 1 aromatic heterocycles. The van der Waals surface area contributed by atoms with Crippen molar-refractivity contribution >= 4 is 39.7 Å². The second-order valence-corrected chi connectivity index (χ2v) is 7.81. The molecule has 0 radical (unpaired) electrons. The van der Waals surface area contributed by atoms with Crippen molar-refractivity contribution in [2.45, 2.75) is 6.61 Å². The van der Waals surface area contributed by atoms with E-state index in [1.165, 1.54) is 6.21 Å². The highest BCUT2D eigenvalue weighted by Crippen LogP contribution is 2.34. The van der Waals surface area contributed by atoms with Gasteiger partial charge in [-0.05, 0) is 58.0 Å².